The van der Waals surface area contributed by atoms with Crippen molar-refractivity contribution in [1.29, 1.82) is 0 Å². The molecule has 0 spiro atoms. The minimum atomic E-state index is -0.0759. The van der Waals surface area contributed by atoms with Crippen LogP contribution in [0.5, 0.6) is 0 Å². The van der Waals surface area contributed by atoms with Gasteiger partial charge in [0.15, 0.2) is 0 Å². The lowest BCUT2D eigenvalue weighted by Crippen LogP contribution is -2.14. The summed E-state index contributed by atoms with van der Waals surface area (Å²) in [4.78, 5) is 5.18. The quantitative estimate of drug-likeness (QED) is 0.121. The van der Waals surface area contributed by atoms with Crippen LogP contribution in [0.1, 0.15) is 41.7 Å². The number of nitrogens with zero attached hydrogens (tertiary/aromatic N) is 1. The second-order valence-electron chi connectivity index (χ2n) is 17.2. The zero-order valence-electron chi connectivity index (χ0n) is 35.5. The molecule has 0 radical (unpaired) electrons. The van der Waals surface area contributed by atoms with Crippen molar-refractivity contribution >= 4 is 43.9 Å². The lowest BCUT2D eigenvalue weighted by Gasteiger charge is -2.22. The Bertz CT molecular complexity index is 3450. The summed E-state index contributed by atoms with van der Waals surface area (Å²) < 4.78 is 0. The maximum absolute atomic E-state index is 6.79. The van der Waals surface area contributed by atoms with Crippen molar-refractivity contribution in [2.24, 2.45) is 10.7 Å². The van der Waals surface area contributed by atoms with Crippen LogP contribution in [0, 0.1) is 0 Å². The second-order valence-corrected chi connectivity index (χ2v) is 17.2. The molecule has 300 valence electrons. The molecule has 11 rings (SSSR count). The summed E-state index contributed by atoms with van der Waals surface area (Å²) in [6.45, 7) is 4.72. The van der Waals surface area contributed by atoms with Gasteiger partial charge in [0.2, 0.25) is 0 Å². The highest BCUT2D eigenvalue weighted by Crippen LogP contribution is 2.52. The zero-order valence-corrected chi connectivity index (χ0v) is 35.5. The maximum atomic E-state index is 6.79. The Morgan fingerprint density at radius 3 is 1.81 bits per heavy atom. The van der Waals surface area contributed by atoms with Crippen LogP contribution in [0.4, 0.5) is 0 Å². The van der Waals surface area contributed by atoms with Crippen molar-refractivity contribution in [2.75, 3.05) is 0 Å². The molecule has 0 aliphatic heterocycles. The average molecular weight is 807 g/mol. The van der Waals surface area contributed by atoms with Gasteiger partial charge in [0, 0.05) is 16.5 Å². The van der Waals surface area contributed by atoms with Crippen LogP contribution in [-0.2, 0) is 11.8 Å². The molecule has 1 aliphatic rings. The molecule has 0 amide bonds. The summed E-state index contributed by atoms with van der Waals surface area (Å²) in [5.41, 5.74) is 23.4. The predicted molar refractivity (Wildman–Crippen MR) is 268 cm³/mol. The third-order valence-electron chi connectivity index (χ3n) is 13.2. The first-order valence-corrected chi connectivity index (χ1v) is 21.9. The second kappa shape index (κ2) is 15.6. The molecule has 63 heavy (non-hydrogen) atoms. The lowest BCUT2D eigenvalue weighted by molar-refractivity contribution is 0.661. The molecule has 0 atom stereocenters. The summed E-state index contributed by atoms with van der Waals surface area (Å²) in [6, 6.07) is 76.7. The number of nitrogens with two attached hydrogens (primary N) is 1. The Balaban J connectivity index is 1.03. The molecule has 2 nitrogen and oxygen atoms in total. The SMILES string of the molecule is CC1(C)c2ccc(-c3ccc(-c4ccc(/C(=C/Cc5cccc(-c6ccccc6)c5)N=C(N)c5ccccc5)c5ccccc45)c4ccccc34)cc2-c2c1ccc1ccccc21. The molecule has 2 N–H and O–H groups in total. The topological polar surface area (TPSA) is 38.4 Å². The molecule has 2 heteroatoms. The number of allylic oxidation sites excluding steroid dienone is 1. The lowest BCUT2D eigenvalue weighted by atomic mass is 9.81. The van der Waals surface area contributed by atoms with Crippen LogP contribution in [0.15, 0.2) is 223 Å². The maximum Gasteiger partial charge on any atom is 0.131 e. The van der Waals surface area contributed by atoms with Crippen molar-refractivity contribution < 1.29 is 0 Å². The van der Waals surface area contributed by atoms with Crippen LogP contribution < -0.4 is 5.73 Å². The average Bonchev–Trinajstić information content (AvgIpc) is 3.58. The summed E-state index contributed by atoms with van der Waals surface area (Å²) in [5, 5.41) is 7.35. The van der Waals surface area contributed by atoms with E-state index >= 15 is 0 Å². The van der Waals surface area contributed by atoms with Crippen LogP contribution in [0.3, 0.4) is 0 Å². The monoisotopic (exact) mass is 806 g/mol. The van der Waals surface area contributed by atoms with Gasteiger partial charge in [-0.3, -0.25) is 0 Å². The third kappa shape index (κ3) is 6.72. The normalized spacial score (nSPS) is 13.4. The van der Waals surface area contributed by atoms with E-state index in [9.17, 15) is 0 Å². The van der Waals surface area contributed by atoms with Gasteiger partial charge in [-0.15, -0.1) is 0 Å². The molecule has 1 aliphatic carbocycles. The first-order valence-electron chi connectivity index (χ1n) is 21.9. The van der Waals surface area contributed by atoms with Crippen molar-refractivity contribution in [3.05, 3.63) is 246 Å². The summed E-state index contributed by atoms with van der Waals surface area (Å²) in [5.74, 6) is 0.487. The molecule has 0 saturated carbocycles. The predicted octanol–water partition coefficient (Wildman–Crippen LogP) is 15.4. The van der Waals surface area contributed by atoms with E-state index in [1.165, 1.54) is 88.1 Å². The highest BCUT2D eigenvalue weighted by Gasteiger charge is 2.36. The Hall–Kier alpha value is -7.81. The van der Waals surface area contributed by atoms with Crippen LogP contribution >= 0.6 is 0 Å². The van der Waals surface area contributed by atoms with Gasteiger partial charge in [0.25, 0.3) is 0 Å². The molecule has 0 aromatic heterocycles. The number of aliphatic imine (C=N–C) groups is 1. The first kappa shape index (κ1) is 38.1. The van der Waals surface area contributed by atoms with E-state index < -0.39 is 0 Å². The standard InChI is InChI=1S/C61H46N2/c1-61(2)56-35-30-45(39-55(56)59-47-23-10-9-19-42(47)29-36-57(59)61)46-31-32-52(49-25-12-11-24-48(46)49)53-33-34-54(51-27-14-13-26-50(51)53)58(63-60(62)43-20-7-4-8-21-43)37-28-40-16-15-22-44(38-40)41-17-5-3-6-18-41/h3-27,29-39H,28H2,1-2H3,(H2,62,63)/b58-37-. The number of amidine groups is 1. The van der Waals surface area contributed by atoms with Gasteiger partial charge < -0.3 is 5.73 Å². The highest BCUT2D eigenvalue weighted by molar-refractivity contribution is 6.12. The van der Waals surface area contributed by atoms with Gasteiger partial charge >= 0.3 is 0 Å². The highest BCUT2D eigenvalue weighted by atomic mass is 14.9. The van der Waals surface area contributed by atoms with E-state index in [-0.39, 0.29) is 5.41 Å². The Morgan fingerprint density at radius 1 is 0.460 bits per heavy atom. The number of fused-ring (bicyclic) bond motifs is 7. The Morgan fingerprint density at radius 2 is 1.05 bits per heavy atom. The van der Waals surface area contributed by atoms with Crippen molar-refractivity contribution in [3.63, 3.8) is 0 Å². The van der Waals surface area contributed by atoms with E-state index in [4.69, 9.17) is 10.7 Å². The zero-order chi connectivity index (χ0) is 42.5. The number of hydrogen-bond acceptors (Lipinski definition) is 1. The van der Waals surface area contributed by atoms with Gasteiger partial charge in [-0.2, -0.15) is 0 Å². The number of hydrogen-bond donors (Lipinski definition) is 1. The minimum Gasteiger partial charge on any atom is -0.383 e. The molecule has 0 fully saturated rings. The summed E-state index contributed by atoms with van der Waals surface area (Å²) in [6.07, 6.45) is 2.93. The van der Waals surface area contributed by atoms with Gasteiger partial charge in [-0.05, 0) is 106 Å². The fraction of sp³-hybridized carbons (Fsp3) is 0.0656. The van der Waals surface area contributed by atoms with Gasteiger partial charge in [-0.1, -0.05) is 226 Å². The van der Waals surface area contributed by atoms with E-state index in [1.807, 2.05) is 30.3 Å². The van der Waals surface area contributed by atoms with E-state index in [1.54, 1.807) is 0 Å². The van der Waals surface area contributed by atoms with Gasteiger partial charge in [-0.25, -0.2) is 4.99 Å². The smallest absolute Gasteiger partial charge is 0.131 e. The van der Waals surface area contributed by atoms with Crippen molar-refractivity contribution in [2.45, 2.75) is 25.7 Å². The molecule has 0 heterocycles. The van der Waals surface area contributed by atoms with Crippen LogP contribution in [-0.4, -0.2) is 5.84 Å². The molecule has 10 aromatic carbocycles. The minimum absolute atomic E-state index is 0.0759. The van der Waals surface area contributed by atoms with Crippen LogP contribution in [0.25, 0.3) is 82.5 Å². The molecule has 10 aromatic rings. The summed E-state index contributed by atoms with van der Waals surface area (Å²) in [7, 11) is 0. The van der Waals surface area contributed by atoms with E-state index in [0.717, 1.165) is 22.2 Å². The number of benzene rings is 10. The summed E-state index contributed by atoms with van der Waals surface area (Å²) >= 11 is 0. The van der Waals surface area contributed by atoms with E-state index in [2.05, 4.69) is 202 Å². The molecular weight excluding hydrogens is 761 g/mol. The van der Waals surface area contributed by atoms with E-state index in [0.29, 0.717) is 12.3 Å². The van der Waals surface area contributed by atoms with Crippen LogP contribution in [0.2, 0.25) is 0 Å². The first-order chi connectivity index (χ1) is 30.9. The van der Waals surface area contributed by atoms with Gasteiger partial charge in [0.05, 0.1) is 5.70 Å². The largest absolute Gasteiger partial charge is 0.383 e. The van der Waals surface area contributed by atoms with Crippen molar-refractivity contribution in [3.8, 4) is 44.5 Å². The number of rotatable bonds is 8. The molecule has 0 bridgehead atoms. The Labute approximate surface area is 369 Å². The molecule has 0 saturated heterocycles. The molecular formula is C61H46N2. The fourth-order valence-electron chi connectivity index (χ4n) is 9.98. The van der Waals surface area contributed by atoms with Gasteiger partial charge in [0.1, 0.15) is 5.84 Å². The molecule has 0 unspecified atom stereocenters. The Kier molecular flexibility index (Phi) is 9.43. The third-order valence-corrected chi connectivity index (χ3v) is 13.2. The van der Waals surface area contributed by atoms with Crippen molar-refractivity contribution in [1.82, 2.24) is 0 Å². The fourth-order valence-corrected chi connectivity index (χ4v) is 9.98.